The first-order valence-electron chi connectivity index (χ1n) is 5.26. The minimum Gasteiger partial charge on any atom is -0.304 e. The molecular formula is C10H7Cl3N4O2S. The molecule has 0 fully saturated rings. The molecule has 0 aliphatic rings. The average Bonchev–Trinajstić information content (AvgIpc) is 2.83. The highest BCUT2D eigenvalue weighted by molar-refractivity contribution is 7.00. The number of anilines is 1. The first-order chi connectivity index (χ1) is 9.40. The van der Waals surface area contributed by atoms with Crippen LogP contribution in [0.5, 0.6) is 0 Å². The lowest BCUT2D eigenvalue weighted by molar-refractivity contribution is -0.119. The fourth-order valence-corrected chi connectivity index (χ4v) is 2.56. The van der Waals surface area contributed by atoms with Crippen LogP contribution in [0.3, 0.4) is 0 Å². The van der Waals surface area contributed by atoms with Crippen molar-refractivity contribution in [2.24, 2.45) is 0 Å². The van der Waals surface area contributed by atoms with E-state index in [0.717, 1.165) is 11.7 Å². The highest BCUT2D eigenvalue weighted by Gasteiger charge is 2.18. The van der Waals surface area contributed by atoms with Gasteiger partial charge in [0, 0.05) is 0 Å². The van der Waals surface area contributed by atoms with E-state index in [1.54, 1.807) is 0 Å². The van der Waals surface area contributed by atoms with Gasteiger partial charge in [0.15, 0.2) is 0 Å². The van der Waals surface area contributed by atoms with Gasteiger partial charge in [-0.3, -0.25) is 10.1 Å². The van der Waals surface area contributed by atoms with E-state index in [1.165, 1.54) is 13.0 Å². The number of fused-ring (bicyclic) bond motifs is 1. The molecule has 1 unspecified atom stereocenters. The minimum atomic E-state index is -0.831. The molecule has 1 aromatic carbocycles. The lowest BCUT2D eigenvalue weighted by Gasteiger charge is -2.09. The van der Waals surface area contributed by atoms with Crippen LogP contribution in [0.25, 0.3) is 11.0 Å². The predicted octanol–water partition coefficient (Wildman–Crippen LogP) is 3.27. The van der Waals surface area contributed by atoms with Gasteiger partial charge in [-0.15, -0.1) is 11.6 Å². The number of rotatable bonds is 2. The molecule has 3 amide bonds. The molecule has 0 bridgehead atoms. The number of imide groups is 1. The summed E-state index contributed by atoms with van der Waals surface area (Å²) < 4.78 is 8.01. The Kier molecular flexibility index (Phi) is 4.64. The van der Waals surface area contributed by atoms with Crippen LogP contribution in [0.15, 0.2) is 6.07 Å². The van der Waals surface area contributed by atoms with Crippen molar-refractivity contribution in [1.29, 1.82) is 0 Å². The molecule has 2 N–H and O–H groups in total. The summed E-state index contributed by atoms with van der Waals surface area (Å²) in [7, 11) is 0. The first-order valence-corrected chi connectivity index (χ1v) is 7.18. The number of aromatic nitrogens is 2. The van der Waals surface area contributed by atoms with Crippen LogP contribution in [-0.4, -0.2) is 26.1 Å². The molecule has 2 aromatic rings. The lowest BCUT2D eigenvalue weighted by atomic mass is 10.2. The maximum absolute atomic E-state index is 11.7. The monoisotopic (exact) mass is 352 g/mol. The van der Waals surface area contributed by atoms with E-state index < -0.39 is 17.3 Å². The number of hydrogen-bond acceptors (Lipinski definition) is 5. The smallest absolute Gasteiger partial charge is 0.304 e. The number of urea groups is 1. The minimum absolute atomic E-state index is 0.191. The van der Waals surface area contributed by atoms with Gasteiger partial charge in [-0.25, -0.2) is 4.79 Å². The number of alkyl halides is 1. The molecule has 20 heavy (non-hydrogen) atoms. The number of benzene rings is 1. The van der Waals surface area contributed by atoms with Crippen molar-refractivity contribution in [2.45, 2.75) is 12.3 Å². The van der Waals surface area contributed by atoms with E-state index in [4.69, 9.17) is 34.8 Å². The van der Waals surface area contributed by atoms with E-state index in [0.29, 0.717) is 16.1 Å². The number of nitrogens with one attached hydrogen (secondary N) is 2. The van der Waals surface area contributed by atoms with E-state index in [-0.39, 0.29) is 10.7 Å². The molecule has 0 aliphatic carbocycles. The van der Waals surface area contributed by atoms with E-state index in [2.05, 4.69) is 19.4 Å². The number of carbonyl (C=O) groups excluding carboxylic acids is 2. The van der Waals surface area contributed by atoms with Crippen LogP contribution in [0.4, 0.5) is 10.5 Å². The molecule has 6 nitrogen and oxygen atoms in total. The summed E-state index contributed by atoms with van der Waals surface area (Å²) in [6.45, 7) is 1.45. The zero-order valence-corrected chi connectivity index (χ0v) is 13.0. The van der Waals surface area contributed by atoms with Gasteiger partial charge in [-0.05, 0) is 13.0 Å². The average molecular weight is 354 g/mol. The standard InChI is InChI=1S/C10H7Cl3N4O2S/c1-3(11)9(18)15-10(19)14-6-4(12)2-5(13)7-8(6)17-20-16-7/h2-3H,1H3,(H2,14,15,18,19). The van der Waals surface area contributed by atoms with Crippen LogP contribution in [0, 0.1) is 0 Å². The Balaban J connectivity index is 2.28. The Hall–Kier alpha value is -1.15. The summed E-state index contributed by atoms with van der Waals surface area (Å²) in [5.74, 6) is -0.623. The van der Waals surface area contributed by atoms with Crippen molar-refractivity contribution < 1.29 is 9.59 Å². The van der Waals surface area contributed by atoms with Crippen LogP contribution >= 0.6 is 46.5 Å². The molecule has 2 rings (SSSR count). The Morgan fingerprint density at radius 1 is 1.25 bits per heavy atom. The fourth-order valence-electron chi connectivity index (χ4n) is 1.35. The van der Waals surface area contributed by atoms with Crippen molar-refractivity contribution in [3.63, 3.8) is 0 Å². The van der Waals surface area contributed by atoms with E-state index in [1.807, 2.05) is 0 Å². The Labute approximate surface area is 132 Å². The molecule has 0 spiro atoms. The van der Waals surface area contributed by atoms with Crippen molar-refractivity contribution in [2.75, 3.05) is 5.32 Å². The third-order valence-electron chi connectivity index (χ3n) is 2.28. The van der Waals surface area contributed by atoms with Crippen LogP contribution in [0.2, 0.25) is 10.0 Å². The zero-order valence-electron chi connectivity index (χ0n) is 9.91. The Bertz CT molecular complexity index is 688. The fraction of sp³-hybridized carbons (Fsp3) is 0.200. The number of nitrogens with zero attached hydrogens (tertiary/aromatic N) is 2. The second-order valence-electron chi connectivity index (χ2n) is 3.74. The van der Waals surface area contributed by atoms with Gasteiger partial charge >= 0.3 is 6.03 Å². The number of hydrogen-bond donors (Lipinski definition) is 2. The topological polar surface area (TPSA) is 84.0 Å². The normalized spacial score (nSPS) is 12.2. The zero-order chi connectivity index (χ0) is 14.9. The SMILES string of the molecule is CC(Cl)C(=O)NC(=O)Nc1c(Cl)cc(Cl)c2nsnc12. The van der Waals surface area contributed by atoms with Gasteiger partial charge < -0.3 is 5.32 Å². The lowest BCUT2D eigenvalue weighted by Crippen LogP contribution is -2.38. The molecule has 10 heteroatoms. The number of amides is 3. The van der Waals surface area contributed by atoms with Gasteiger partial charge in [0.05, 0.1) is 27.5 Å². The molecule has 0 radical (unpaired) electrons. The molecule has 1 heterocycles. The van der Waals surface area contributed by atoms with Crippen molar-refractivity contribution in [3.8, 4) is 0 Å². The van der Waals surface area contributed by atoms with Crippen LogP contribution in [0.1, 0.15) is 6.92 Å². The maximum Gasteiger partial charge on any atom is 0.326 e. The summed E-state index contributed by atoms with van der Waals surface area (Å²) in [6, 6.07) is 0.676. The molecule has 1 aromatic heterocycles. The Morgan fingerprint density at radius 2 is 1.90 bits per heavy atom. The van der Waals surface area contributed by atoms with Gasteiger partial charge in [0.2, 0.25) is 5.91 Å². The highest BCUT2D eigenvalue weighted by Crippen LogP contribution is 2.35. The summed E-state index contributed by atoms with van der Waals surface area (Å²) in [5.41, 5.74) is 1.01. The van der Waals surface area contributed by atoms with E-state index in [9.17, 15) is 9.59 Å². The van der Waals surface area contributed by atoms with Crippen molar-refractivity contribution >= 4 is 75.2 Å². The highest BCUT2D eigenvalue weighted by atomic mass is 35.5. The third kappa shape index (κ3) is 3.12. The summed E-state index contributed by atoms with van der Waals surface area (Å²) in [6.07, 6.45) is 0. The Morgan fingerprint density at radius 3 is 2.55 bits per heavy atom. The van der Waals surface area contributed by atoms with Crippen LogP contribution < -0.4 is 10.6 Å². The van der Waals surface area contributed by atoms with Crippen molar-refractivity contribution in [3.05, 3.63) is 16.1 Å². The van der Waals surface area contributed by atoms with Gasteiger partial charge in [0.25, 0.3) is 0 Å². The molecule has 1 atom stereocenters. The maximum atomic E-state index is 11.7. The van der Waals surface area contributed by atoms with Gasteiger partial charge in [-0.2, -0.15) is 8.75 Å². The molecule has 0 saturated heterocycles. The molecule has 0 aliphatic heterocycles. The van der Waals surface area contributed by atoms with Crippen LogP contribution in [-0.2, 0) is 4.79 Å². The molecule has 106 valence electrons. The number of halogens is 3. The third-order valence-corrected chi connectivity index (χ3v) is 3.59. The van der Waals surface area contributed by atoms with Gasteiger partial charge in [-0.1, -0.05) is 23.2 Å². The second kappa shape index (κ2) is 6.09. The van der Waals surface area contributed by atoms with Crippen molar-refractivity contribution in [1.82, 2.24) is 14.1 Å². The quantitative estimate of drug-likeness (QED) is 0.812. The molecule has 0 saturated carbocycles. The summed E-state index contributed by atoms with van der Waals surface area (Å²) in [4.78, 5) is 23.0. The summed E-state index contributed by atoms with van der Waals surface area (Å²) in [5, 5.41) is 4.19. The van der Waals surface area contributed by atoms with E-state index >= 15 is 0 Å². The first kappa shape index (κ1) is 15.2. The largest absolute Gasteiger partial charge is 0.326 e. The second-order valence-corrected chi connectivity index (χ2v) is 5.73. The summed E-state index contributed by atoms with van der Waals surface area (Å²) >= 11 is 18.4. The van der Waals surface area contributed by atoms with Gasteiger partial charge in [0.1, 0.15) is 16.4 Å². The number of carbonyl (C=O) groups is 2. The predicted molar refractivity (Wildman–Crippen MR) is 79.9 cm³/mol. The molecular weight excluding hydrogens is 347 g/mol.